The fraction of sp³-hybridized carbons (Fsp3) is 0.0753. The fourth-order valence-electron chi connectivity index (χ4n) is 14.1. The van der Waals surface area contributed by atoms with Gasteiger partial charge in [0.1, 0.15) is 5.52 Å². The zero-order valence-corrected chi connectivity index (χ0v) is 63.9. The van der Waals surface area contributed by atoms with Crippen LogP contribution in [0.25, 0.3) is 106 Å². The highest BCUT2D eigenvalue weighted by Gasteiger charge is 2.30. The van der Waals surface area contributed by atoms with Crippen molar-refractivity contribution in [3.8, 4) is 17.2 Å². The molecule has 12 aromatic carbocycles. The molecule has 0 unspecified atom stereocenters. The lowest BCUT2D eigenvalue weighted by Crippen LogP contribution is -2.24. The van der Waals surface area contributed by atoms with Gasteiger partial charge in [0.05, 0.1) is 43.5 Å². The smallest absolute Gasteiger partial charge is 0.333 e. The Morgan fingerprint density at radius 3 is 2.00 bits per heavy atom. The third-order valence-corrected chi connectivity index (χ3v) is 22.0. The molecule has 19 aromatic rings. The van der Waals surface area contributed by atoms with Crippen molar-refractivity contribution in [2.75, 3.05) is 10.3 Å². The van der Waals surface area contributed by atoms with E-state index >= 15 is 0 Å². The van der Waals surface area contributed by atoms with Gasteiger partial charge in [0.15, 0.2) is 5.58 Å². The summed E-state index contributed by atoms with van der Waals surface area (Å²) in [7, 11) is 0. The van der Waals surface area contributed by atoms with Crippen molar-refractivity contribution in [1.82, 2.24) is 44.4 Å². The number of rotatable bonds is 10. The summed E-state index contributed by atoms with van der Waals surface area (Å²) in [6.45, 7) is 4.34. The molecule has 8 heterocycles. The molecule has 1 atom stereocenters. The molecular weight excluding hydrogens is 1450 g/mol. The minimum absolute atomic E-state index is 0.194. The maximum absolute atomic E-state index is 12.1. The normalized spacial score (nSPS) is 13.1. The van der Waals surface area contributed by atoms with Gasteiger partial charge in [-0.2, -0.15) is 10.1 Å². The first-order chi connectivity index (χ1) is 54.5. The van der Waals surface area contributed by atoms with Crippen molar-refractivity contribution >= 4 is 160 Å². The molecule has 111 heavy (non-hydrogen) atoms. The van der Waals surface area contributed by atoms with E-state index in [-0.39, 0.29) is 5.69 Å². The number of aromatic nitrogens is 9. The van der Waals surface area contributed by atoms with Crippen LogP contribution in [0.3, 0.4) is 0 Å². The monoisotopic (exact) mass is 1530 g/mol. The van der Waals surface area contributed by atoms with Crippen LogP contribution in [0.1, 0.15) is 52.4 Å². The van der Waals surface area contributed by atoms with Gasteiger partial charge in [0, 0.05) is 106 Å². The van der Waals surface area contributed by atoms with Crippen molar-refractivity contribution in [1.29, 1.82) is 0 Å². The third kappa shape index (κ3) is 16.4. The number of oxazole rings is 1. The number of hydrogen-bond donors (Lipinski definition) is 8. The van der Waals surface area contributed by atoms with Crippen molar-refractivity contribution in [3.63, 3.8) is 0 Å². The number of thiol groups is 1. The Balaban J connectivity index is 0.000000101. The lowest BCUT2D eigenvalue weighted by Gasteiger charge is -2.19. The molecule has 2 aliphatic rings. The number of halogens is 2. The standard InChI is InChI=1S/C16H14N2O.C16H12N2.C16H15NS2.C16H13N.C15H12Cl2N2.C14H10N4O/c1-11-10-12-6-2-4-8-14(12)18(11)16-17-13-7-3-5-9-15(13)19-16;1-3-7-14-11(5-1)9-16(18-14)13-10-17-15-8-4-2-6-12(13)15;1-11-16(13-7-3-4-8-14(13)17-11)19-10-12-6-2-5-9-15(12)18;1-2-6-13(7-3-1)10-11-14-12-17-16-9-5-4-8-15(14)16;16-13-7-6-11(9-14(13)17)18-19-15-8-5-10-3-1-2-4-12(10)15;19-14-17-11-7-3-4-8-12(11)18(14)13-15-9-5-1-2-6-10(9)16-13/h2-9,11H,10H2,1H3;1-10,17-18H;2-9,17-18H,10H2,1H3;1-12,17H;1-4,6-7,9,18H,5,8H2;1-8H,(H,15,16)(H,17,19)/b;;;11-10+;19-15+;/t11-;;;;;/m1...../s1. The molecule has 1 aliphatic carbocycles. The van der Waals surface area contributed by atoms with E-state index in [0.717, 1.165) is 80.2 Å². The first-order valence-electron chi connectivity index (χ1n) is 36.6. The lowest BCUT2D eigenvalue weighted by molar-refractivity contribution is 0.573. The Kier molecular flexibility index (Phi) is 21.8. The number of aromatic amines is 6. The maximum Gasteiger partial charge on any atom is 0.333 e. The molecule has 18 heteroatoms. The van der Waals surface area contributed by atoms with E-state index < -0.39 is 0 Å². The average molecular weight is 1530 g/mol. The molecule has 546 valence electrons. The molecule has 1 aliphatic heterocycles. The molecule has 21 rings (SSSR count). The number of H-pyrrole nitrogens is 6. The number of benzene rings is 12. The first kappa shape index (κ1) is 72.5. The van der Waals surface area contributed by atoms with Gasteiger partial charge in [-0.15, -0.1) is 24.4 Å². The molecule has 7 N–H and O–H groups in total. The number of nitrogens with zero attached hydrogens (tertiary/aromatic N) is 5. The van der Waals surface area contributed by atoms with Crippen LogP contribution in [0.2, 0.25) is 10.0 Å². The van der Waals surface area contributed by atoms with E-state index in [1.54, 1.807) is 16.7 Å². The number of thioether (sulfide) groups is 1. The van der Waals surface area contributed by atoms with E-state index in [9.17, 15) is 4.79 Å². The van der Waals surface area contributed by atoms with Gasteiger partial charge >= 0.3 is 11.7 Å². The van der Waals surface area contributed by atoms with Crippen LogP contribution in [-0.4, -0.2) is 56.2 Å². The highest BCUT2D eigenvalue weighted by atomic mass is 35.5. The minimum Gasteiger partial charge on any atom is -0.423 e. The first-order valence-corrected chi connectivity index (χ1v) is 38.8. The third-order valence-electron chi connectivity index (χ3n) is 19.6. The Hall–Kier alpha value is -12.7. The van der Waals surface area contributed by atoms with E-state index in [0.29, 0.717) is 28.1 Å². The van der Waals surface area contributed by atoms with E-state index in [4.69, 9.17) is 27.6 Å². The Morgan fingerprint density at radius 1 is 0.559 bits per heavy atom. The van der Waals surface area contributed by atoms with Crippen LogP contribution in [0.5, 0.6) is 0 Å². The summed E-state index contributed by atoms with van der Waals surface area (Å²) in [6, 6.07) is 101. The van der Waals surface area contributed by atoms with Crippen molar-refractivity contribution in [2.45, 2.75) is 54.7 Å². The average Bonchev–Trinajstić information content (AvgIpc) is 1.64. The van der Waals surface area contributed by atoms with Crippen LogP contribution in [0.15, 0.2) is 334 Å². The molecule has 0 bridgehead atoms. The Bertz CT molecular complexity index is 6500. The molecule has 0 saturated heterocycles. The van der Waals surface area contributed by atoms with Gasteiger partial charge in [0.25, 0.3) is 0 Å². The summed E-state index contributed by atoms with van der Waals surface area (Å²) in [4.78, 5) is 45.2. The number of anilines is 3. The minimum atomic E-state index is -0.194. The van der Waals surface area contributed by atoms with Gasteiger partial charge < -0.3 is 34.3 Å². The summed E-state index contributed by atoms with van der Waals surface area (Å²) >= 11 is 18.2. The highest BCUT2D eigenvalue weighted by Crippen LogP contribution is 2.40. The second kappa shape index (κ2) is 33.4. The van der Waals surface area contributed by atoms with Crippen LogP contribution < -0.4 is 16.0 Å². The van der Waals surface area contributed by atoms with Crippen molar-refractivity contribution in [3.05, 3.63) is 369 Å². The zero-order chi connectivity index (χ0) is 75.6. The quantitative estimate of drug-likeness (QED) is 0.0381. The second-order valence-corrected chi connectivity index (χ2v) is 29.2. The highest BCUT2D eigenvalue weighted by molar-refractivity contribution is 7.98. The van der Waals surface area contributed by atoms with Crippen molar-refractivity contribution < 1.29 is 4.42 Å². The van der Waals surface area contributed by atoms with Crippen LogP contribution in [0, 0.1) is 6.92 Å². The Morgan fingerprint density at radius 2 is 1.21 bits per heavy atom. The summed E-state index contributed by atoms with van der Waals surface area (Å²) in [6.07, 6.45) is 11.4. The number of hydrazone groups is 1. The van der Waals surface area contributed by atoms with Gasteiger partial charge in [-0.3, -0.25) is 10.3 Å². The summed E-state index contributed by atoms with van der Waals surface area (Å²) < 4.78 is 7.44. The molecule has 0 radical (unpaired) electrons. The molecule has 0 fully saturated rings. The predicted octanol–water partition coefficient (Wildman–Crippen LogP) is 24.6. The fourth-order valence-corrected chi connectivity index (χ4v) is 15.9. The lowest BCUT2D eigenvalue weighted by atomic mass is 10.1. The molecular formula is C93H76Cl2N12O2S2. The van der Waals surface area contributed by atoms with Crippen molar-refractivity contribution in [2.24, 2.45) is 5.10 Å². The van der Waals surface area contributed by atoms with Gasteiger partial charge in [-0.1, -0.05) is 236 Å². The van der Waals surface area contributed by atoms with Gasteiger partial charge in [-0.05, 0) is 158 Å². The molecule has 0 saturated carbocycles. The Labute approximate surface area is 660 Å². The van der Waals surface area contributed by atoms with Crippen LogP contribution in [0.4, 0.5) is 17.4 Å². The number of nitrogens with one attached hydrogen (secondary N) is 7. The largest absolute Gasteiger partial charge is 0.423 e. The topological polar surface area (TPSA) is 183 Å². The summed E-state index contributed by atoms with van der Waals surface area (Å²) in [5, 5.41) is 10.6. The number of fused-ring (bicyclic) bond motifs is 9. The maximum atomic E-state index is 12.1. The van der Waals surface area contributed by atoms with E-state index in [2.05, 4.69) is 270 Å². The number of imidazole rings is 2. The number of hydrogen-bond acceptors (Lipinski definition) is 9. The van der Waals surface area contributed by atoms with Gasteiger partial charge in [0.2, 0.25) is 5.95 Å². The SMILES string of the molecule is C(=C\c1c[nH]c2ccccc12)/c1ccccc1.C[C@@H]1Cc2ccccc2N1c1nc2ccccc2o1.Cc1[nH]c2ccccc2c1SCc1ccccc1S.Clc1ccc(N/N=C2\CCc3ccccc32)cc1Cl.O=c1[nH]c2ccccc2n1-c1nc2ccccc2[nH]1.c1ccc2[nH]c(-c3c[nH]c4ccccc34)cc2c1. The second-order valence-electron chi connectivity index (χ2n) is 26.9. The van der Waals surface area contributed by atoms with E-state index in [1.807, 2.05) is 133 Å². The van der Waals surface area contributed by atoms with Crippen LogP contribution >= 0.6 is 47.6 Å². The zero-order valence-electron chi connectivity index (χ0n) is 60.7. The summed E-state index contributed by atoms with van der Waals surface area (Å²) in [5.74, 6) is 1.48. The van der Waals surface area contributed by atoms with Gasteiger partial charge in [-0.25, -0.2) is 14.3 Å². The van der Waals surface area contributed by atoms with E-state index in [1.165, 1.54) is 98.8 Å². The van der Waals surface area contributed by atoms with Crippen LogP contribution in [-0.2, 0) is 18.6 Å². The number of para-hydroxylation sites is 11. The molecule has 7 aromatic heterocycles. The predicted molar refractivity (Wildman–Crippen MR) is 466 cm³/mol. The molecule has 0 spiro atoms. The summed E-state index contributed by atoms with van der Waals surface area (Å²) in [5.41, 5.74) is 27.1. The number of aryl methyl sites for hydroxylation is 2. The molecule has 0 amide bonds. The molecule has 14 nitrogen and oxygen atoms in total.